The zero-order valence-electron chi connectivity index (χ0n) is 19.3. The van der Waals surface area contributed by atoms with Gasteiger partial charge in [-0.1, -0.05) is 23.7 Å². The summed E-state index contributed by atoms with van der Waals surface area (Å²) in [5, 5.41) is 0.465. The van der Waals surface area contributed by atoms with Gasteiger partial charge in [0.25, 0.3) is 0 Å². The molecule has 8 nitrogen and oxygen atoms in total. The Hall–Kier alpha value is -3.14. The van der Waals surface area contributed by atoms with Gasteiger partial charge >= 0.3 is 10.3 Å². The summed E-state index contributed by atoms with van der Waals surface area (Å²) >= 11 is 5.91. The van der Waals surface area contributed by atoms with Gasteiger partial charge in [0.15, 0.2) is 0 Å². The van der Waals surface area contributed by atoms with Crippen LogP contribution in [0.1, 0.15) is 11.1 Å². The van der Waals surface area contributed by atoms with E-state index in [0.29, 0.717) is 39.1 Å². The Kier molecular flexibility index (Phi) is 8.49. The SMILES string of the molecule is COc1ccc(CN(Cc2ccc(OC)cc2OC)S(=O)(=O)Oc2ccc(Cl)cc2)c(OC)c1. The normalized spacial score (nSPS) is 11.2. The van der Waals surface area contributed by atoms with Gasteiger partial charge in [0.1, 0.15) is 28.7 Å². The molecule has 0 bridgehead atoms. The third kappa shape index (κ3) is 6.25. The van der Waals surface area contributed by atoms with Crippen molar-refractivity contribution in [2.24, 2.45) is 0 Å². The Morgan fingerprint density at radius 3 is 1.53 bits per heavy atom. The summed E-state index contributed by atoms with van der Waals surface area (Å²) < 4.78 is 54.8. The number of methoxy groups -OCH3 is 4. The van der Waals surface area contributed by atoms with Crippen LogP contribution in [-0.2, 0) is 23.4 Å². The first-order valence-electron chi connectivity index (χ1n) is 10.2. The molecule has 0 spiro atoms. The molecule has 0 saturated carbocycles. The van der Waals surface area contributed by atoms with Crippen molar-refractivity contribution >= 4 is 21.9 Å². The second kappa shape index (κ2) is 11.3. The molecule has 0 aliphatic carbocycles. The highest BCUT2D eigenvalue weighted by atomic mass is 35.5. The fourth-order valence-corrected chi connectivity index (χ4v) is 4.40. The maximum atomic E-state index is 13.4. The highest BCUT2D eigenvalue weighted by Gasteiger charge is 2.27. The summed E-state index contributed by atoms with van der Waals surface area (Å²) in [5.74, 6) is 2.27. The van der Waals surface area contributed by atoms with E-state index in [1.165, 1.54) is 30.7 Å². The van der Waals surface area contributed by atoms with Gasteiger partial charge in [0.05, 0.1) is 28.4 Å². The number of hydrogen-bond acceptors (Lipinski definition) is 7. The predicted molar refractivity (Wildman–Crippen MR) is 129 cm³/mol. The monoisotopic (exact) mass is 507 g/mol. The van der Waals surface area contributed by atoms with E-state index >= 15 is 0 Å². The summed E-state index contributed by atoms with van der Waals surface area (Å²) in [5.41, 5.74) is 1.25. The van der Waals surface area contributed by atoms with E-state index in [4.69, 9.17) is 34.7 Å². The highest BCUT2D eigenvalue weighted by molar-refractivity contribution is 7.84. The van der Waals surface area contributed by atoms with Crippen molar-refractivity contribution in [2.75, 3.05) is 28.4 Å². The van der Waals surface area contributed by atoms with E-state index in [1.807, 2.05) is 0 Å². The van der Waals surface area contributed by atoms with Crippen LogP contribution in [0.2, 0.25) is 5.02 Å². The first-order chi connectivity index (χ1) is 16.3. The molecule has 34 heavy (non-hydrogen) atoms. The zero-order chi connectivity index (χ0) is 24.7. The largest absolute Gasteiger partial charge is 0.497 e. The number of benzene rings is 3. The minimum absolute atomic E-state index is 0.0295. The van der Waals surface area contributed by atoms with Crippen molar-refractivity contribution in [3.8, 4) is 28.7 Å². The van der Waals surface area contributed by atoms with Crippen LogP contribution in [0.5, 0.6) is 28.7 Å². The molecule has 0 aliphatic heterocycles. The second-order valence-electron chi connectivity index (χ2n) is 7.12. The minimum Gasteiger partial charge on any atom is -0.497 e. The van der Waals surface area contributed by atoms with Gasteiger partial charge in [-0.05, 0) is 36.4 Å². The molecule has 3 aromatic carbocycles. The summed E-state index contributed by atoms with van der Waals surface area (Å²) in [6.07, 6.45) is 0. The van der Waals surface area contributed by atoms with Gasteiger partial charge in [-0.15, -0.1) is 0 Å². The quantitative estimate of drug-likeness (QED) is 0.372. The highest BCUT2D eigenvalue weighted by Crippen LogP contribution is 2.31. The molecule has 182 valence electrons. The molecule has 0 atom stereocenters. The number of halogens is 1. The lowest BCUT2D eigenvalue weighted by Crippen LogP contribution is -2.34. The van der Waals surface area contributed by atoms with Crippen molar-refractivity contribution in [2.45, 2.75) is 13.1 Å². The van der Waals surface area contributed by atoms with Gasteiger partial charge in [-0.3, -0.25) is 0 Å². The molecule has 3 rings (SSSR count). The van der Waals surface area contributed by atoms with Crippen LogP contribution >= 0.6 is 11.6 Å². The molecule has 0 heterocycles. The molecule has 0 aliphatic rings. The van der Waals surface area contributed by atoms with Crippen LogP contribution < -0.4 is 23.1 Å². The van der Waals surface area contributed by atoms with Crippen molar-refractivity contribution in [3.63, 3.8) is 0 Å². The Morgan fingerprint density at radius 1 is 0.676 bits per heavy atom. The lowest BCUT2D eigenvalue weighted by molar-refractivity contribution is 0.329. The van der Waals surface area contributed by atoms with Crippen LogP contribution in [0, 0.1) is 0 Å². The van der Waals surface area contributed by atoms with Gasteiger partial charge in [0.2, 0.25) is 0 Å². The molecular formula is C24H26ClNO7S. The van der Waals surface area contributed by atoms with Crippen LogP contribution in [-0.4, -0.2) is 41.2 Å². The van der Waals surface area contributed by atoms with Gasteiger partial charge in [-0.2, -0.15) is 12.7 Å². The van der Waals surface area contributed by atoms with Crippen molar-refractivity contribution in [3.05, 3.63) is 76.8 Å². The minimum atomic E-state index is -4.25. The fraction of sp³-hybridized carbons (Fsp3) is 0.250. The van der Waals surface area contributed by atoms with Crippen molar-refractivity contribution < 1.29 is 31.5 Å². The summed E-state index contributed by atoms with van der Waals surface area (Å²) in [7, 11) is 1.85. The summed E-state index contributed by atoms with van der Waals surface area (Å²) in [6.45, 7) is -0.0590. The smallest absolute Gasteiger partial charge is 0.385 e. The molecule has 0 unspecified atom stereocenters. The van der Waals surface area contributed by atoms with Gasteiger partial charge in [-0.25, -0.2) is 0 Å². The standard InChI is InChI=1S/C24H26ClNO7S/c1-29-21-9-5-17(23(13-21)31-3)15-26(16-18-6-10-22(30-2)14-24(18)32-4)34(27,28)33-20-11-7-19(25)8-12-20/h5-14H,15-16H2,1-4H3. The van der Waals surface area contributed by atoms with E-state index in [2.05, 4.69) is 0 Å². The van der Waals surface area contributed by atoms with Crippen LogP contribution in [0.3, 0.4) is 0 Å². The number of nitrogens with zero attached hydrogens (tertiary/aromatic N) is 1. The molecule has 0 amide bonds. The molecule has 0 fully saturated rings. The van der Waals surface area contributed by atoms with Gasteiger partial charge < -0.3 is 23.1 Å². The van der Waals surface area contributed by atoms with E-state index < -0.39 is 10.3 Å². The molecule has 10 heteroatoms. The molecule has 0 saturated heterocycles. The maximum Gasteiger partial charge on any atom is 0.385 e. The summed E-state index contributed by atoms with van der Waals surface area (Å²) in [4.78, 5) is 0. The number of rotatable bonds is 11. The van der Waals surface area contributed by atoms with E-state index in [-0.39, 0.29) is 18.8 Å². The lowest BCUT2D eigenvalue weighted by Gasteiger charge is -2.24. The maximum absolute atomic E-state index is 13.4. The fourth-order valence-electron chi connectivity index (χ4n) is 3.22. The van der Waals surface area contributed by atoms with E-state index in [0.717, 1.165) is 0 Å². The average molecular weight is 508 g/mol. The average Bonchev–Trinajstić information content (AvgIpc) is 2.85. The van der Waals surface area contributed by atoms with Crippen LogP contribution in [0.4, 0.5) is 0 Å². The predicted octanol–water partition coefficient (Wildman–Crippen LogP) is 4.70. The van der Waals surface area contributed by atoms with E-state index in [1.54, 1.807) is 62.8 Å². The van der Waals surface area contributed by atoms with Crippen molar-refractivity contribution in [1.29, 1.82) is 0 Å². The van der Waals surface area contributed by atoms with Crippen LogP contribution in [0.25, 0.3) is 0 Å². The van der Waals surface area contributed by atoms with Gasteiger partial charge in [0, 0.05) is 41.4 Å². The third-order valence-corrected chi connectivity index (χ3v) is 6.56. The number of hydrogen-bond donors (Lipinski definition) is 0. The Bertz CT molecular complexity index is 1160. The Morgan fingerprint density at radius 2 is 1.12 bits per heavy atom. The molecule has 0 aromatic heterocycles. The molecule has 3 aromatic rings. The molecular weight excluding hydrogens is 482 g/mol. The number of ether oxygens (including phenoxy) is 4. The summed E-state index contributed by atoms with van der Waals surface area (Å²) in [6, 6.07) is 16.4. The molecule has 0 radical (unpaired) electrons. The Labute approximate surface area is 204 Å². The lowest BCUT2D eigenvalue weighted by atomic mass is 10.1. The Balaban J connectivity index is 2.00. The van der Waals surface area contributed by atoms with Crippen molar-refractivity contribution in [1.82, 2.24) is 4.31 Å². The third-order valence-electron chi connectivity index (χ3n) is 5.01. The van der Waals surface area contributed by atoms with Crippen LogP contribution in [0.15, 0.2) is 60.7 Å². The first-order valence-corrected chi connectivity index (χ1v) is 11.9. The topological polar surface area (TPSA) is 83.5 Å². The zero-order valence-corrected chi connectivity index (χ0v) is 20.9. The van der Waals surface area contributed by atoms with E-state index in [9.17, 15) is 8.42 Å². The second-order valence-corrected chi connectivity index (χ2v) is 9.09. The first kappa shape index (κ1) is 25.5. The molecule has 0 N–H and O–H groups in total.